The minimum Gasteiger partial charge on any atom is -0.466 e. The highest BCUT2D eigenvalue weighted by Gasteiger charge is 2.30. The van der Waals surface area contributed by atoms with Crippen LogP contribution in [0, 0.1) is 12.8 Å². The van der Waals surface area contributed by atoms with Crippen LogP contribution in [0.5, 0.6) is 0 Å². The third-order valence-electron chi connectivity index (χ3n) is 4.33. The van der Waals surface area contributed by atoms with Crippen LogP contribution in [-0.4, -0.2) is 45.9 Å². The standard InChI is InChI=1S/C17H21N3O3/c1-3-23-17(22)13-7-10-19(11-8-13)16(21)15-14-6-4-5-9-20(14)12(2)18-15/h4-6,9,13H,3,7-8,10-11H2,1-2H3. The van der Waals surface area contributed by atoms with E-state index in [1.54, 1.807) is 4.90 Å². The summed E-state index contributed by atoms with van der Waals surface area (Å²) in [5.41, 5.74) is 1.31. The van der Waals surface area contributed by atoms with Gasteiger partial charge >= 0.3 is 5.97 Å². The smallest absolute Gasteiger partial charge is 0.309 e. The van der Waals surface area contributed by atoms with Crippen LogP contribution in [0.3, 0.4) is 0 Å². The molecule has 0 N–H and O–H groups in total. The molecule has 0 unspecified atom stereocenters. The third kappa shape index (κ3) is 2.93. The van der Waals surface area contributed by atoms with Crippen LogP contribution >= 0.6 is 0 Å². The van der Waals surface area contributed by atoms with E-state index in [1.807, 2.05) is 42.6 Å². The lowest BCUT2D eigenvalue weighted by Crippen LogP contribution is -2.40. The van der Waals surface area contributed by atoms with Crippen molar-refractivity contribution in [3.63, 3.8) is 0 Å². The lowest BCUT2D eigenvalue weighted by atomic mass is 9.97. The number of aromatic nitrogens is 2. The Bertz CT molecular complexity index is 730. The van der Waals surface area contributed by atoms with Gasteiger partial charge in [-0.2, -0.15) is 0 Å². The highest BCUT2D eigenvalue weighted by Crippen LogP contribution is 2.22. The van der Waals surface area contributed by atoms with Gasteiger partial charge < -0.3 is 14.0 Å². The largest absolute Gasteiger partial charge is 0.466 e. The number of likely N-dealkylation sites (tertiary alicyclic amines) is 1. The van der Waals surface area contributed by atoms with E-state index in [0.717, 1.165) is 11.3 Å². The monoisotopic (exact) mass is 315 g/mol. The Morgan fingerprint density at radius 1 is 1.30 bits per heavy atom. The molecular formula is C17H21N3O3. The van der Waals surface area contributed by atoms with Crippen molar-refractivity contribution in [1.82, 2.24) is 14.3 Å². The van der Waals surface area contributed by atoms with Gasteiger partial charge in [-0.3, -0.25) is 9.59 Å². The van der Waals surface area contributed by atoms with Crippen molar-refractivity contribution < 1.29 is 14.3 Å². The molecule has 0 bridgehead atoms. The van der Waals surface area contributed by atoms with Gasteiger partial charge in [0.05, 0.1) is 18.0 Å². The molecular weight excluding hydrogens is 294 g/mol. The molecule has 122 valence electrons. The Morgan fingerprint density at radius 3 is 2.74 bits per heavy atom. The second-order valence-electron chi connectivity index (χ2n) is 5.78. The highest BCUT2D eigenvalue weighted by molar-refractivity contribution is 5.99. The molecule has 1 saturated heterocycles. The summed E-state index contributed by atoms with van der Waals surface area (Å²) in [5, 5.41) is 0. The molecule has 6 heteroatoms. The first-order valence-corrected chi connectivity index (χ1v) is 8.01. The van der Waals surface area contributed by atoms with Gasteiger partial charge in [0.15, 0.2) is 5.69 Å². The zero-order valence-corrected chi connectivity index (χ0v) is 13.5. The molecule has 2 aromatic rings. The van der Waals surface area contributed by atoms with Crippen LogP contribution in [0.15, 0.2) is 24.4 Å². The van der Waals surface area contributed by atoms with E-state index in [0.29, 0.717) is 38.2 Å². The maximum atomic E-state index is 12.8. The minimum atomic E-state index is -0.150. The number of pyridine rings is 1. The summed E-state index contributed by atoms with van der Waals surface area (Å²) in [7, 11) is 0. The summed E-state index contributed by atoms with van der Waals surface area (Å²) < 4.78 is 6.98. The fraction of sp³-hybridized carbons (Fsp3) is 0.471. The van der Waals surface area contributed by atoms with Crippen LogP contribution < -0.4 is 0 Å². The average molecular weight is 315 g/mol. The Morgan fingerprint density at radius 2 is 2.04 bits per heavy atom. The van der Waals surface area contributed by atoms with Gasteiger partial charge in [-0.1, -0.05) is 6.07 Å². The summed E-state index contributed by atoms with van der Waals surface area (Å²) in [6, 6.07) is 5.72. The van der Waals surface area contributed by atoms with Gasteiger partial charge in [-0.15, -0.1) is 0 Å². The molecule has 1 amide bonds. The normalized spacial score (nSPS) is 15.8. The summed E-state index contributed by atoms with van der Waals surface area (Å²) in [6.45, 7) is 5.22. The molecule has 3 heterocycles. The average Bonchev–Trinajstić information content (AvgIpc) is 2.92. The van der Waals surface area contributed by atoms with Gasteiger partial charge in [0.2, 0.25) is 0 Å². The van der Waals surface area contributed by atoms with Crippen molar-refractivity contribution in [2.24, 2.45) is 5.92 Å². The topological polar surface area (TPSA) is 63.9 Å². The number of fused-ring (bicyclic) bond motifs is 1. The Labute approximate surface area is 135 Å². The van der Waals surface area contributed by atoms with Crippen LogP contribution in [0.25, 0.3) is 5.52 Å². The molecule has 1 aliphatic rings. The Hall–Kier alpha value is -2.37. The molecule has 2 aromatic heterocycles. The second kappa shape index (κ2) is 6.40. The summed E-state index contributed by atoms with van der Waals surface area (Å²) in [6.07, 6.45) is 3.20. The molecule has 0 aliphatic carbocycles. The number of piperidine rings is 1. The predicted molar refractivity (Wildman–Crippen MR) is 85.2 cm³/mol. The van der Waals surface area contributed by atoms with E-state index in [2.05, 4.69) is 4.98 Å². The Kier molecular flexibility index (Phi) is 4.32. The zero-order valence-electron chi connectivity index (χ0n) is 13.5. The molecule has 6 nitrogen and oxygen atoms in total. The van der Waals surface area contributed by atoms with Crippen molar-refractivity contribution >= 4 is 17.4 Å². The number of nitrogens with zero attached hydrogens (tertiary/aromatic N) is 3. The fourth-order valence-corrected chi connectivity index (χ4v) is 3.08. The van der Waals surface area contributed by atoms with E-state index in [9.17, 15) is 9.59 Å². The highest BCUT2D eigenvalue weighted by atomic mass is 16.5. The molecule has 3 rings (SSSR count). The number of carbonyl (C=O) groups is 2. The first-order valence-electron chi connectivity index (χ1n) is 8.01. The molecule has 0 aromatic carbocycles. The van der Waals surface area contributed by atoms with Gasteiger partial charge in [0, 0.05) is 19.3 Å². The van der Waals surface area contributed by atoms with Crippen molar-refractivity contribution in [3.8, 4) is 0 Å². The quantitative estimate of drug-likeness (QED) is 0.813. The maximum Gasteiger partial charge on any atom is 0.309 e. The van der Waals surface area contributed by atoms with E-state index in [-0.39, 0.29) is 17.8 Å². The van der Waals surface area contributed by atoms with Gasteiger partial charge in [0.1, 0.15) is 5.82 Å². The number of hydrogen-bond acceptors (Lipinski definition) is 4. The number of imidazole rings is 1. The lowest BCUT2D eigenvalue weighted by Gasteiger charge is -2.30. The number of aryl methyl sites for hydroxylation is 1. The number of ether oxygens (including phenoxy) is 1. The number of rotatable bonds is 3. The molecule has 0 atom stereocenters. The maximum absolute atomic E-state index is 12.8. The van der Waals surface area contributed by atoms with Crippen molar-refractivity contribution in [2.45, 2.75) is 26.7 Å². The van der Waals surface area contributed by atoms with E-state index < -0.39 is 0 Å². The van der Waals surface area contributed by atoms with Crippen LogP contribution in [0.1, 0.15) is 36.1 Å². The van der Waals surface area contributed by atoms with Crippen molar-refractivity contribution in [1.29, 1.82) is 0 Å². The van der Waals surface area contributed by atoms with E-state index in [4.69, 9.17) is 4.74 Å². The summed E-state index contributed by atoms with van der Waals surface area (Å²) >= 11 is 0. The fourth-order valence-electron chi connectivity index (χ4n) is 3.08. The summed E-state index contributed by atoms with van der Waals surface area (Å²) in [4.78, 5) is 30.8. The first kappa shape index (κ1) is 15.5. The first-order chi connectivity index (χ1) is 11.1. The van der Waals surface area contributed by atoms with Crippen LogP contribution in [-0.2, 0) is 9.53 Å². The molecule has 1 fully saturated rings. The van der Waals surface area contributed by atoms with Crippen LogP contribution in [0.4, 0.5) is 0 Å². The third-order valence-corrected chi connectivity index (χ3v) is 4.33. The van der Waals surface area contributed by atoms with Gasteiger partial charge in [0.25, 0.3) is 5.91 Å². The number of hydrogen-bond donors (Lipinski definition) is 0. The lowest BCUT2D eigenvalue weighted by molar-refractivity contribution is -0.149. The van der Waals surface area contributed by atoms with E-state index >= 15 is 0 Å². The molecule has 23 heavy (non-hydrogen) atoms. The van der Waals surface area contributed by atoms with Gasteiger partial charge in [-0.25, -0.2) is 4.98 Å². The summed E-state index contributed by atoms with van der Waals surface area (Å²) in [5.74, 6) is 0.483. The minimum absolute atomic E-state index is 0.0656. The SMILES string of the molecule is CCOC(=O)C1CCN(C(=O)c2nc(C)n3ccccc23)CC1. The number of amides is 1. The second-order valence-corrected chi connectivity index (χ2v) is 5.78. The molecule has 0 spiro atoms. The molecule has 0 saturated carbocycles. The molecule has 0 radical (unpaired) electrons. The van der Waals surface area contributed by atoms with Crippen LogP contribution in [0.2, 0.25) is 0 Å². The van der Waals surface area contributed by atoms with Crippen molar-refractivity contribution in [3.05, 3.63) is 35.9 Å². The van der Waals surface area contributed by atoms with Crippen molar-refractivity contribution in [2.75, 3.05) is 19.7 Å². The number of esters is 1. The Balaban J connectivity index is 1.73. The zero-order chi connectivity index (χ0) is 16.4. The molecule has 1 aliphatic heterocycles. The number of carbonyl (C=O) groups excluding carboxylic acids is 2. The van der Waals surface area contributed by atoms with Gasteiger partial charge in [-0.05, 0) is 38.8 Å². The van der Waals surface area contributed by atoms with E-state index in [1.165, 1.54) is 0 Å². The predicted octanol–water partition coefficient (Wildman–Crippen LogP) is 2.06.